The predicted molar refractivity (Wildman–Crippen MR) is 62.1 cm³/mol. The summed E-state index contributed by atoms with van der Waals surface area (Å²) in [5.41, 5.74) is 8.19. The SMILES string of the molecule is CCC(CC)C(N)c1cc(F)ccc1C. The molecule has 1 aromatic carbocycles. The van der Waals surface area contributed by atoms with Crippen LogP contribution in [0.1, 0.15) is 43.9 Å². The third-order valence-corrected chi connectivity index (χ3v) is 3.16. The van der Waals surface area contributed by atoms with Crippen LogP contribution in [0.5, 0.6) is 0 Å². The van der Waals surface area contributed by atoms with E-state index < -0.39 is 0 Å². The minimum atomic E-state index is -0.197. The Morgan fingerprint density at radius 1 is 1.27 bits per heavy atom. The van der Waals surface area contributed by atoms with Crippen molar-refractivity contribution in [3.05, 3.63) is 35.1 Å². The normalized spacial score (nSPS) is 13.2. The van der Waals surface area contributed by atoms with E-state index in [4.69, 9.17) is 5.73 Å². The molecule has 0 aromatic heterocycles. The molecule has 0 amide bonds. The highest BCUT2D eigenvalue weighted by Gasteiger charge is 2.18. The minimum Gasteiger partial charge on any atom is -0.324 e. The molecule has 15 heavy (non-hydrogen) atoms. The maximum Gasteiger partial charge on any atom is 0.123 e. The molecule has 0 aliphatic heterocycles. The maximum atomic E-state index is 13.1. The second-order valence-corrected chi connectivity index (χ2v) is 4.10. The van der Waals surface area contributed by atoms with Crippen LogP contribution < -0.4 is 5.73 Å². The first kappa shape index (κ1) is 12.2. The van der Waals surface area contributed by atoms with E-state index >= 15 is 0 Å². The average molecular weight is 209 g/mol. The second kappa shape index (κ2) is 5.26. The van der Waals surface area contributed by atoms with Crippen molar-refractivity contribution in [3.8, 4) is 0 Å². The molecule has 1 nitrogen and oxygen atoms in total. The van der Waals surface area contributed by atoms with E-state index in [-0.39, 0.29) is 11.9 Å². The Morgan fingerprint density at radius 3 is 2.40 bits per heavy atom. The quantitative estimate of drug-likeness (QED) is 0.806. The summed E-state index contributed by atoms with van der Waals surface area (Å²) in [6, 6.07) is 4.81. The van der Waals surface area contributed by atoms with Crippen molar-refractivity contribution in [3.63, 3.8) is 0 Å². The predicted octanol–water partition coefficient (Wildman–Crippen LogP) is 3.57. The lowest BCUT2D eigenvalue weighted by Gasteiger charge is -2.23. The van der Waals surface area contributed by atoms with Gasteiger partial charge >= 0.3 is 0 Å². The molecule has 84 valence electrons. The number of hydrogen-bond acceptors (Lipinski definition) is 1. The van der Waals surface area contributed by atoms with Crippen molar-refractivity contribution in [2.45, 2.75) is 39.7 Å². The van der Waals surface area contributed by atoms with Gasteiger partial charge in [0.25, 0.3) is 0 Å². The molecule has 1 aromatic rings. The fourth-order valence-electron chi connectivity index (χ4n) is 2.02. The van der Waals surface area contributed by atoms with Crippen LogP contribution >= 0.6 is 0 Å². The summed E-state index contributed by atoms with van der Waals surface area (Å²) in [6.45, 7) is 6.24. The van der Waals surface area contributed by atoms with Gasteiger partial charge in [0.05, 0.1) is 0 Å². The molecule has 0 aliphatic rings. The maximum absolute atomic E-state index is 13.1. The molecule has 2 N–H and O–H groups in total. The average Bonchev–Trinajstić information content (AvgIpc) is 2.23. The zero-order chi connectivity index (χ0) is 11.4. The van der Waals surface area contributed by atoms with E-state index in [1.807, 2.05) is 6.92 Å². The zero-order valence-corrected chi connectivity index (χ0v) is 9.76. The largest absolute Gasteiger partial charge is 0.324 e. The topological polar surface area (TPSA) is 26.0 Å². The van der Waals surface area contributed by atoms with Crippen LogP contribution in [0.15, 0.2) is 18.2 Å². The van der Waals surface area contributed by atoms with Crippen molar-refractivity contribution in [2.24, 2.45) is 11.7 Å². The Labute approximate surface area is 91.5 Å². The minimum absolute atomic E-state index is 0.0456. The molecule has 2 heteroatoms. The Bertz CT molecular complexity index is 318. The molecule has 0 fully saturated rings. The molecule has 0 spiro atoms. The first-order valence-electron chi connectivity index (χ1n) is 5.61. The fourth-order valence-corrected chi connectivity index (χ4v) is 2.02. The molecular formula is C13H20FN. The zero-order valence-electron chi connectivity index (χ0n) is 9.76. The Balaban J connectivity index is 2.98. The van der Waals surface area contributed by atoms with Gasteiger partial charge in [0, 0.05) is 6.04 Å². The summed E-state index contributed by atoms with van der Waals surface area (Å²) in [5, 5.41) is 0. The summed E-state index contributed by atoms with van der Waals surface area (Å²) in [4.78, 5) is 0. The van der Waals surface area contributed by atoms with Crippen LogP contribution in [-0.4, -0.2) is 0 Å². The summed E-state index contributed by atoms with van der Waals surface area (Å²) < 4.78 is 13.1. The summed E-state index contributed by atoms with van der Waals surface area (Å²) in [7, 11) is 0. The van der Waals surface area contributed by atoms with Gasteiger partial charge in [-0.05, 0) is 36.1 Å². The number of rotatable bonds is 4. The fraction of sp³-hybridized carbons (Fsp3) is 0.538. The lowest BCUT2D eigenvalue weighted by Crippen LogP contribution is -2.21. The van der Waals surface area contributed by atoms with Gasteiger partial charge in [0.15, 0.2) is 0 Å². The highest BCUT2D eigenvalue weighted by molar-refractivity contribution is 5.29. The van der Waals surface area contributed by atoms with E-state index in [1.54, 1.807) is 12.1 Å². The standard InChI is InChI=1S/C13H20FN/c1-4-10(5-2)13(15)12-8-11(14)7-6-9(12)3/h6-8,10,13H,4-5,15H2,1-3H3. The van der Waals surface area contributed by atoms with Crippen molar-refractivity contribution in [1.29, 1.82) is 0 Å². The van der Waals surface area contributed by atoms with E-state index in [0.717, 1.165) is 24.0 Å². The lowest BCUT2D eigenvalue weighted by molar-refractivity contribution is 0.403. The Hall–Kier alpha value is -0.890. The molecule has 0 heterocycles. The first-order valence-corrected chi connectivity index (χ1v) is 5.61. The van der Waals surface area contributed by atoms with Gasteiger partial charge < -0.3 is 5.73 Å². The Morgan fingerprint density at radius 2 is 1.87 bits per heavy atom. The molecule has 0 radical (unpaired) electrons. The van der Waals surface area contributed by atoms with E-state index in [9.17, 15) is 4.39 Å². The van der Waals surface area contributed by atoms with Crippen molar-refractivity contribution in [2.75, 3.05) is 0 Å². The van der Waals surface area contributed by atoms with Crippen LogP contribution in [0.3, 0.4) is 0 Å². The summed E-state index contributed by atoms with van der Waals surface area (Å²) in [5.74, 6) is 0.238. The van der Waals surface area contributed by atoms with Gasteiger partial charge in [-0.1, -0.05) is 32.8 Å². The first-order chi connectivity index (χ1) is 7.10. The van der Waals surface area contributed by atoms with Gasteiger partial charge in [-0.2, -0.15) is 0 Å². The highest BCUT2D eigenvalue weighted by Crippen LogP contribution is 2.27. The second-order valence-electron chi connectivity index (χ2n) is 4.10. The van der Waals surface area contributed by atoms with Gasteiger partial charge in [-0.25, -0.2) is 4.39 Å². The van der Waals surface area contributed by atoms with Crippen LogP contribution in [0.4, 0.5) is 4.39 Å². The van der Waals surface area contributed by atoms with Crippen LogP contribution in [-0.2, 0) is 0 Å². The van der Waals surface area contributed by atoms with Crippen LogP contribution in [0.25, 0.3) is 0 Å². The number of hydrogen-bond donors (Lipinski definition) is 1. The molecule has 0 saturated carbocycles. The van der Waals surface area contributed by atoms with Gasteiger partial charge in [0.1, 0.15) is 5.82 Å². The van der Waals surface area contributed by atoms with Crippen LogP contribution in [0, 0.1) is 18.7 Å². The smallest absolute Gasteiger partial charge is 0.123 e. The van der Waals surface area contributed by atoms with Crippen molar-refractivity contribution >= 4 is 0 Å². The van der Waals surface area contributed by atoms with E-state index in [1.165, 1.54) is 6.07 Å². The van der Waals surface area contributed by atoms with Gasteiger partial charge in [0.2, 0.25) is 0 Å². The molecule has 1 unspecified atom stereocenters. The number of benzene rings is 1. The Kier molecular flexibility index (Phi) is 4.28. The number of aryl methyl sites for hydroxylation is 1. The van der Waals surface area contributed by atoms with E-state index in [2.05, 4.69) is 13.8 Å². The highest BCUT2D eigenvalue weighted by atomic mass is 19.1. The molecule has 1 rings (SSSR count). The van der Waals surface area contributed by atoms with Gasteiger partial charge in [-0.3, -0.25) is 0 Å². The van der Waals surface area contributed by atoms with Crippen molar-refractivity contribution < 1.29 is 4.39 Å². The third-order valence-electron chi connectivity index (χ3n) is 3.16. The third kappa shape index (κ3) is 2.78. The monoisotopic (exact) mass is 209 g/mol. The molecule has 0 saturated heterocycles. The van der Waals surface area contributed by atoms with Gasteiger partial charge in [-0.15, -0.1) is 0 Å². The summed E-state index contributed by atoms with van der Waals surface area (Å²) >= 11 is 0. The molecular weight excluding hydrogens is 189 g/mol. The van der Waals surface area contributed by atoms with Crippen LogP contribution in [0.2, 0.25) is 0 Å². The van der Waals surface area contributed by atoms with E-state index in [0.29, 0.717) is 5.92 Å². The number of nitrogens with two attached hydrogens (primary N) is 1. The number of halogens is 1. The molecule has 1 atom stereocenters. The van der Waals surface area contributed by atoms with Crippen molar-refractivity contribution in [1.82, 2.24) is 0 Å². The molecule has 0 bridgehead atoms. The lowest BCUT2D eigenvalue weighted by atomic mass is 9.87. The molecule has 0 aliphatic carbocycles. The summed E-state index contributed by atoms with van der Waals surface area (Å²) in [6.07, 6.45) is 2.07.